The summed E-state index contributed by atoms with van der Waals surface area (Å²) in [5, 5.41) is 4.64. The summed E-state index contributed by atoms with van der Waals surface area (Å²) in [7, 11) is 1.79. The highest BCUT2D eigenvalue weighted by atomic mass is 32.1. The van der Waals surface area contributed by atoms with Crippen molar-refractivity contribution < 1.29 is 4.79 Å². The summed E-state index contributed by atoms with van der Waals surface area (Å²) in [5.74, 6) is -0.325. The fourth-order valence-corrected chi connectivity index (χ4v) is 3.04. The van der Waals surface area contributed by atoms with E-state index < -0.39 is 0 Å². The molecule has 0 saturated heterocycles. The molecule has 0 radical (unpaired) electrons. The van der Waals surface area contributed by atoms with Crippen LogP contribution in [0.2, 0.25) is 0 Å². The molecule has 5 nitrogen and oxygen atoms in total. The van der Waals surface area contributed by atoms with Gasteiger partial charge >= 0.3 is 0 Å². The molecule has 122 valence electrons. The zero-order valence-electron chi connectivity index (χ0n) is 13.4. The van der Waals surface area contributed by atoms with Crippen LogP contribution >= 0.6 is 11.3 Å². The first kappa shape index (κ1) is 16.0. The monoisotopic (exact) mass is 339 g/mol. The minimum Gasteiger partial charge on any atom is -0.316 e. The van der Waals surface area contributed by atoms with Gasteiger partial charge in [0.15, 0.2) is 0 Å². The van der Waals surface area contributed by atoms with Crippen LogP contribution in [0, 0.1) is 6.92 Å². The highest BCUT2D eigenvalue weighted by Gasteiger charge is 2.17. The molecule has 0 fully saturated rings. The van der Waals surface area contributed by atoms with Crippen molar-refractivity contribution in [3.05, 3.63) is 74.8 Å². The second-order valence-electron chi connectivity index (χ2n) is 5.27. The Bertz CT molecular complexity index is 935. The predicted octanol–water partition coefficient (Wildman–Crippen LogP) is 3.20. The number of benzene rings is 1. The zero-order valence-corrected chi connectivity index (χ0v) is 14.2. The first-order valence-electron chi connectivity index (χ1n) is 7.44. The molecule has 0 unspecified atom stereocenters. The van der Waals surface area contributed by atoms with E-state index in [2.05, 4.69) is 5.32 Å². The van der Waals surface area contributed by atoms with Crippen molar-refractivity contribution in [2.75, 3.05) is 5.32 Å². The highest BCUT2D eigenvalue weighted by molar-refractivity contribution is 7.10. The molecule has 2 heterocycles. The molecular formula is C18H17N3O2S. The van der Waals surface area contributed by atoms with Crippen molar-refractivity contribution in [1.29, 1.82) is 0 Å². The summed E-state index contributed by atoms with van der Waals surface area (Å²) < 4.78 is 3.27. The van der Waals surface area contributed by atoms with Crippen LogP contribution in [0.3, 0.4) is 0 Å². The minimum atomic E-state index is -0.325. The van der Waals surface area contributed by atoms with Gasteiger partial charge in [0.25, 0.3) is 5.56 Å². The molecule has 0 atom stereocenters. The number of nitrogens with one attached hydrogen (secondary N) is 1. The number of rotatable bonds is 4. The van der Waals surface area contributed by atoms with E-state index in [0.29, 0.717) is 11.4 Å². The number of aromatic nitrogens is 2. The summed E-state index contributed by atoms with van der Waals surface area (Å²) in [5.41, 5.74) is 1.49. The Morgan fingerprint density at radius 2 is 1.92 bits per heavy atom. The number of anilines is 1. The van der Waals surface area contributed by atoms with Gasteiger partial charge in [0.2, 0.25) is 5.91 Å². The van der Waals surface area contributed by atoms with Gasteiger partial charge in [-0.05, 0) is 36.6 Å². The third kappa shape index (κ3) is 3.09. The maximum atomic E-state index is 12.7. The number of nitrogens with zero attached hydrogens (tertiary/aromatic N) is 2. The molecule has 0 aliphatic carbocycles. The molecule has 24 heavy (non-hydrogen) atoms. The number of para-hydroxylation sites is 1. The molecule has 1 aromatic carbocycles. The van der Waals surface area contributed by atoms with Gasteiger partial charge in [-0.3, -0.25) is 14.3 Å². The first-order chi connectivity index (χ1) is 11.6. The van der Waals surface area contributed by atoms with Gasteiger partial charge in [-0.2, -0.15) is 0 Å². The number of hydrogen-bond donors (Lipinski definition) is 1. The van der Waals surface area contributed by atoms with Crippen LogP contribution in [0.5, 0.6) is 0 Å². The third-order valence-corrected chi connectivity index (χ3v) is 4.58. The fraction of sp³-hybridized carbons (Fsp3) is 0.111. The lowest BCUT2D eigenvalue weighted by Crippen LogP contribution is -2.22. The SMILES string of the molecule is Cc1c(NC(=O)/C=C/c2cccs2)c(=O)n(-c2ccccc2)n1C. The smallest absolute Gasteiger partial charge is 0.295 e. The molecule has 0 bridgehead atoms. The van der Waals surface area contributed by atoms with Gasteiger partial charge in [0, 0.05) is 18.0 Å². The number of carbonyl (C=O) groups excluding carboxylic acids is 1. The Balaban J connectivity index is 1.89. The molecule has 0 spiro atoms. The number of carbonyl (C=O) groups is 1. The second-order valence-corrected chi connectivity index (χ2v) is 6.25. The van der Waals surface area contributed by atoms with Crippen molar-refractivity contribution in [2.24, 2.45) is 7.05 Å². The lowest BCUT2D eigenvalue weighted by molar-refractivity contribution is -0.111. The van der Waals surface area contributed by atoms with E-state index in [4.69, 9.17) is 0 Å². The third-order valence-electron chi connectivity index (χ3n) is 3.74. The van der Waals surface area contributed by atoms with Crippen LogP contribution in [-0.4, -0.2) is 15.3 Å². The van der Waals surface area contributed by atoms with Crippen molar-refractivity contribution in [2.45, 2.75) is 6.92 Å². The Hall–Kier alpha value is -2.86. The molecule has 6 heteroatoms. The van der Waals surface area contributed by atoms with Crippen LogP contribution in [0.1, 0.15) is 10.6 Å². The zero-order chi connectivity index (χ0) is 17.1. The molecule has 2 aromatic heterocycles. The van der Waals surface area contributed by atoms with Gasteiger partial charge in [-0.25, -0.2) is 4.68 Å². The van der Waals surface area contributed by atoms with Crippen molar-refractivity contribution in [3.8, 4) is 5.69 Å². The quantitative estimate of drug-likeness (QED) is 0.742. The van der Waals surface area contributed by atoms with E-state index in [1.165, 1.54) is 10.8 Å². The largest absolute Gasteiger partial charge is 0.316 e. The van der Waals surface area contributed by atoms with E-state index in [-0.39, 0.29) is 11.5 Å². The van der Waals surface area contributed by atoms with E-state index in [0.717, 1.165) is 10.6 Å². The van der Waals surface area contributed by atoms with Gasteiger partial charge < -0.3 is 5.32 Å². The molecule has 3 aromatic rings. The van der Waals surface area contributed by atoms with E-state index in [1.54, 1.807) is 36.1 Å². The Labute approximate surface area is 143 Å². The molecular weight excluding hydrogens is 322 g/mol. The van der Waals surface area contributed by atoms with Crippen molar-refractivity contribution >= 4 is 29.0 Å². The average molecular weight is 339 g/mol. The Morgan fingerprint density at radius 3 is 2.58 bits per heavy atom. The van der Waals surface area contributed by atoms with Crippen LogP contribution in [0.25, 0.3) is 11.8 Å². The number of hydrogen-bond acceptors (Lipinski definition) is 3. The molecule has 1 amide bonds. The number of amides is 1. The van der Waals surface area contributed by atoms with E-state index in [9.17, 15) is 9.59 Å². The molecule has 0 aliphatic heterocycles. The normalized spacial score (nSPS) is 11.1. The highest BCUT2D eigenvalue weighted by Crippen LogP contribution is 2.14. The summed E-state index contributed by atoms with van der Waals surface area (Å²) in [6, 6.07) is 13.2. The summed E-state index contributed by atoms with van der Waals surface area (Å²) in [6.07, 6.45) is 3.17. The van der Waals surface area contributed by atoms with Crippen LogP contribution in [0.4, 0.5) is 5.69 Å². The Morgan fingerprint density at radius 1 is 1.17 bits per heavy atom. The maximum Gasteiger partial charge on any atom is 0.295 e. The van der Waals surface area contributed by atoms with Crippen LogP contribution in [0.15, 0.2) is 58.7 Å². The van der Waals surface area contributed by atoms with Gasteiger partial charge in [0.1, 0.15) is 5.69 Å². The lowest BCUT2D eigenvalue weighted by atomic mass is 10.3. The van der Waals surface area contributed by atoms with Crippen molar-refractivity contribution in [3.63, 3.8) is 0 Å². The lowest BCUT2D eigenvalue weighted by Gasteiger charge is -2.07. The van der Waals surface area contributed by atoms with E-state index >= 15 is 0 Å². The van der Waals surface area contributed by atoms with Gasteiger partial charge in [0.05, 0.1) is 11.4 Å². The second kappa shape index (κ2) is 6.72. The minimum absolute atomic E-state index is 0.251. The van der Waals surface area contributed by atoms with Crippen LogP contribution in [-0.2, 0) is 11.8 Å². The molecule has 0 saturated carbocycles. The maximum absolute atomic E-state index is 12.7. The van der Waals surface area contributed by atoms with Gasteiger partial charge in [-0.1, -0.05) is 24.3 Å². The molecule has 1 N–H and O–H groups in total. The summed E-state index contributed by atoms with van der Waals surface area (Å²) in [4.78, 5) is 25.8. The summed E-state index contributed by atoms with van der Waals surface area (Å²) >= 11 is 1.54. The van der Waals surface area contributed by atoms with Crippen LogP contribution < -0.4 is 10.9 Å². The van der Waals surface area contributed by atoms with E-state index in [1.807, 2.05) is 47.8 Å². The standard InChI is InChI=1S/C18H17N3O2S/c1-13-17(19-16(22)11-10-15-9-6-12-24-15)18(23)21(20(13)2)14-7-4-3-5-8-14/h3-12H,1-2H3,(H,19,22)/b11-10+. The topological polar surface area (TPSA) is 56.0 Å². The number of thiophene rings is 1. The fourth-order valence-electron chi connectivity index (χ4n) is 2.42. The Kier molecular flexibility index (Phi) is 4.48. The molecule has 3 rings (SSSR count). The van der Waals surface area contributed by atoms with Gasteiger partial charge in [-0.15, -0.1) is 11.3 Å². The van der Waals surface area contributed by atoms with Crippen molar-refractivity contribution in [1.82, 2.24) is 9.36 Å². The molecule has 0 aliphatic rings. The average Bonchev–Trinajstić information content (AvgIpc) is 3.17. The predicted molar refractivity (Wildman–Crippen MR) is 97.7 cm³/mol. The first-order valence-corrected chi connectivity index (χ1v) is 8.32. The summed E-state index contributed by atoms with van der Waals surface area (Å²) in [6.45, 7) is 1.80.